The zero-order chi connectivity index (χ0) is 14.8. The molecule has 2 N–H and O–H groups in total. The minimum Gasteiger partial charge on any atom is -0.337 e. The maximum absolute atomic E-state index is 12.7. The van der Waals surface area contributed by atoms with Gasteiger partial charge in [0.1, 0.15) is 0 Å². The van der Waals surface area contributed by atoms with E-state index in [0.717, 1.165) is 11.5 Å². The SMILES string of the molecule is CC1CC2CCCCC2N1C(=O)CC(N)c1ccccc1. The summed E-state index contributed by atoms with van der Waals surface area (Å²) < 4.78 is 0. The Kier molecular flexibility index (Phi) is 4.29. The van der Waals surface area contributed by atoms with Gasteiger partial charge in [-0.2, -0.15) is 0 Å². The molecule has 1 amide bonds. The Balaban J connectivity index is 1.67. The van der Waals surface area contributed by atoms with E-state index in [2.05, 4.69) is 11.8 Å². The second-order valence-electron chi connectivity index (χ2n) is 6.72. The van der Waals surface area contributed by atoms with E-state index >= 15 is 0 Å². The third-order valence-corrected chi connectivity index (χ3v) is 5.26. The van der Waals surface area contributed by atoms with Crippen LogP contribution in [0.25, 0.3) is 0 Å². The standard InChI is InChI=1S/C18H26N2O/c1-13-11-15-9-5-6-10-17(15)20(13)18(21)12-16(19)14-7-3-2-4-8-14/h2-4,7-8,13,15-17H,5-6,9-12,19H2,1H3. The van der Waals surface area contributed by atoms with Gasteiger partial charge in [-0.25, -0.2) is 0 Å². The second-order valence-corrected chi connectivity index (χ2v) is 6.72. The molecule has 1 heterocycles. The van der Waals surface area contributed by atoms with Gasteiger partial charge in [0, 0.05) is 24.5 Å². The van der Waals surface area contributed by atoms with Crippen molar-refractivity contribution in [2.24, 2.45) is 11.7 Å². The topological polar surface area (TPSA) is 46.3 Å². The molecule has 1 aromatic rings. The van der Waals surface area contributed by atoms with Crippen LogP contribution in [0.5, 0.6) is 0 Å². The van der Waals surface area contributed by atoms with E-state index in [1.54, 1.807) is 0 Å². The number of carbonyl (C=O) groups excluding carboxylic acids is 1. The molecule has 1 aliphatic carbocycles. The van der Waals surface area contributed by atoms with Crippen LogP contribution in [-0.4, -0.2) is 22.9 Å². The Bertz CT molecular complexity index is 487. The summed E-state index contributed by atoms with van der Waals surface area (Å²) in [6.45, 7) is 2.20. The van der Waals surface area contributed by atoms with Crippen molar-refractivity contribution in [3.05, 3.63) is 35.9 Å². The van der Waals surface area contributed by atoms with Crippen LogP contribution in [0, 0.1) is 5.92 Å². The van der Waals surface area contributed by atoms with E-state index in [4.69, 9.17) is 5.73 Å². The van der Waals surface area contributed by atoms with E-state index in [1.807, 2.05) is 30.3 Å². The van der Waals surface area contributed by atoms with Crippen molar-refractivity contribution in [3.8, 4) is 0 Å². The molecular weight excluding hydrogens is 260 g/mol. The Morgan fingerprint density at radius 3 is 2.76 bits per heavy atom. The number of nitrogens with zero attached hydrogens (tertiary/aromatic N) is 1. The lowest BCUT2D eigenvalue weighted by molar-refractivity contribution is -0.135. The fourth-order valence-electron chi connectivity index (χ4n) is 4.25. The lowest BCUT2D eigenvalue weighted by Gasteiger charge is -2.34. The molecule has 4 atom stereocenters. The van der Waals surface area contributed by atoms with Crippen molar-refractivity contribution in [3.63, 3.8) is 0 Å². The van der Waals surface area contributed by atoms with Gasteiger partial charge in [0.25, 0.3) is 0 Å². The molecule has 0 radical (unpaired) electrons. The summed E-state index contributed by atoms with van der Waals surface area (Å²) in [5.41, 5.74) is 7.28. The van der Waals surface area contributed by atoms with Gasteiger partial charge < -0.3 is 10.6 Å². The van der Waals surface area contributed by atoms with Crippen LogP contribution in [0.3, 0.4) is 0 Å². The molecule has 114 valence electrons. The van der Waals surface area contributed by atoms with Gasteiger partial charge >= 0.3 is 0 Å². The van der Waals surface area contributed by atoms with Gasteiger partial charge in [0.2, 0.25) is 5.91 Å². The molecule has 21 heavy (non-hydrogen) atoms. The van der Waals surface area contributed by atoms with Crippen LogP contribution in [-0.2, 0) is 4.79 Å². The number of carbonyl (C=O) groups is 1. The summed E-state index contributed by atoms with van der Waals surface area (Å²) in [5.74, 6) is 0.971. The van der Waals surface area contributed by atoms with E-state index in [1.165, 1.54) is 32.1 Å². The van der Waals surface area contributed by atoms with Crippen molar-refractivity contribution in [2.45, 2.75) is 63.6 Å². The molecule has 3 nitrogen and oxygen atoms in total. The summed E-state index contributed by atoms with van der Waals surface area (Å²) in [4.78, 5) is 14.9. The van der Waals surface area contributed by atoms with Gasteiger partial charge in [-0.3, -0.25) is 4.79 Å². The third kappa shape index (κ3) is 2.98. The normalized spacial score (nSPS) is 30.0. The Labute approximate surface area is 127 Å². The zero-order valence-corrected chi connectivity index (χ0v) is 12.9. The highest BCUT2D eigenvalue weighted by atomic mass is 16.2. The molecule has 3 rings (SSSR count). The van der Waals surface area contributed by atoms with Gasteiger partial charge in [0.15, 0.2) is 0 Å². The number of likely N-dealkylation sites (tertiary alicyclic amines) is 1. The quantitative estimate of drug-likeness (QED) is 0.927. The number of fused-ring (bicyclic) bond motifs is 1. The molecular formula is C18H26N2O. The minimum atomic E-state index is -0.187. The van der Waals surface area contributed by atoms with Crippen LogP contribution in [0.2, 0.25) is 0 Å². The fraction of sp³-hybridized carbons (Fsp3) is 0.611. The highest BCUT2D eigenvalue weighted by Crippen LogP contribution is 2.40. The third-order valence-electron chi connectivity index (χ3n) is 5.26. The monoisotopic (exact) mass is 286 g/mol. The first-order valence-electron chi connectivity index (χ1n) is 8.28. The van der Waals surface area contributed by atoms with E-state index < -0.39 is 0 Å². The number of benzene rings is 1. The van der Waals surface area contributed by atoms with E-state index in [9.17, 15) is 4.79 Å². The molecule has 1 saturated heterocycles. The van der Waals surface area contributed by atoms with Crippen molar-refractivity contribution in [2.75, 3.05) is 0 Å². The molecule has 2 fully saturated rings. The van der Waals surface area contributed by atoms with Crippen LogP contribution in [0.4, 0.5) is 0 Å². The lowest BCUT2D eigenvalue weighted by Crippen LogP contribution is -2.43. The number of rotatable bonds is 3. The zero-order valence-electron chi connectivity index (χ0n) is 12.9. The molecule has 0 aromatic heterocycles. The van der Waals surface area contributed by atoms with E-state index in [0.29, 0.717) is 18.5 Å². The largest absolute Gasteiger partial charge is 0.337 e. The first-order chi connectivity index (χ1) is 10.2. The molecule has 1 saturated carbocycles. The molecule has 3 heteroatoms. The summed E-state index contributed by atoms with van der Waals surface area (Å²) in [7, 11) is 0. The first kappa shape index (κ1) is 14.6. The molecule has 1 aliphatic heterocycles. The molecule has 2 aliphatic rings. The van der Waals surface area contributed by atoms with Gasteiger partial charge in [-0.05, 0) is 37.7 Å². The maximum atomic E-state index is 12.7. The fourth-order valence-corrected chi connectivity index (χ4v) is 4.25. The predicted molar refractivity (Wildman–Crippen MR) is 84.7 cm³/mol. The average Bonchev–Trinajstić information content (AvgIpc) is 2.83. The van der Waals surface area contributed by atoms with Crippen molar-refractivity contribution < 1.29 is 4.79 Å². The van der Waals surface area contributed by atoms with Crippen LogP contribution in [0.15, 0.2) is 30.3 Å². The lowest BCUT2D eigenvalue weighted by atomic mass is 9.85. The molecule has 0 spiro atoms. The van der Waals surface area contributed by atoms with Crippen LogP contribution < -0.4 is 5.73 Å². The Morgan fingerprint density at radius 2 is 2.00 bits per heavy atom. The van der Waals surface area contributed by atoms with Crippen LogP contribution in [0.1, 0.15) is 57.1 Å². The highest BCUT2D eigenvalue weighted by molar-refractivity contribution is 5.78. The van der Waals surface area contributed by atoms with Crippen molar-refractivity contribution >= 4 is 5.91 Å². The summed E-state index contributed by atoms with van der Waals surface area (Å²) >= 11 is 0. The van der Waals surface area contributed by atoms with Gasteiger partial charge in [-0.1, -0.05) is 43.2 Å². The van der Waals surface area contributed by atoms with E-state index in [-0.39, 0.29) is 11.9 Å². The first-order valence-corrected chi connectivity index (χ1v) is 8.28. The van der Waals surface area contributed by atoms with Crippen LogP contribution >= 0.6 is 0 Å². The van der Waals surface area contributed by atoms with Gasteiger partial charge in [0.05, 0.1) is 0 Å². The van der Waals surface area contributed by atoms with Crippen molar-refractivity contribution in [1.82, 2.24) is 4.90 Å². The number of hydrogen-bond donors (Lipinski definition) is 1. The Morgan fingerprint density at radius 1 is 1.29 bits per heavy atom. The smallest absolute Gasteiger partial charge is 0.224 e. The second kappa shape index (κ2) is 6.18. The number of amides is 1. The summed E-state index contributed by atoms with van der Waals surface area (Å²) in [6.07, 6.45) is 6.68. The molecule has 4 unspecified atom stereocenters. The number of nitrogens with two attached hydrogens (primary N) is 1. The average molecular weight is 286 g/mol. The molecule has 0 bridgehead atoms. The highest BCUT2D eigenvalue weighted by Gasteiger charge is 2.42. The minimum absolute atomic E-state index is 0.187. The molecule has 1 aromatic carbocycles. The van der Waals surface area contributed by atoms with Crippen molar-refractivity contribution in [1.29, 1.82) is 0 Å². The summed E-state index contributed by atoms with van der Waals surface area (Å²) in [6, 6.07) is 10.6. The predicted octanol–water partition coefficient (Wildman–Crippen LogP) is 3.26. The number of hydrogen-bond acceptors (Lipinski definition) is 2. The summed E-state index contributed by atoms with van der Waals surface area (Å²) in [5, 5.41) is 0. The van der Waals surface area contributed by atoms with Gasteiger partial charge in [-0.15, -0.1) is 0 Å². The Hall–Kier alpha value is -1.35. The maximum Gasteiger partial charge on any atom is 0.224 e.